The molecule has 0 saturated heterocycles. The zero-order valence-corrected chi connectivity index (χ0v) is 20.3. The van der Waals surface area contributed by atoms with E-state index < -0.39 is 11.9 Å². The Labute approximate surface area is 196 Å². The van der Waals surface area contributed by atoms with Crippen LogP contribution in [0.3, 0.4) is 0 Å². The lowest BCUT2D eigenvalue weighted by Crippen LogP contribution is -2.10. The Hall–Kier alpha value is -3.04. The number of methoxy groups -OCH3 is 2. The highest BCUT2D eigenvalue weighted by Crippen LogP contribution is 2.12. The number of hydrogen-bond donors (Lipinski definition) is 0. The highest BCUT2D eigenvalue weighted by molar-refractivity contribution is 5.86. The van der Waals surface area contributed by atoms with Gasteiger partial charge in [0.1, 0.15) is 12.4 Å². The summed E-state index contributed by atoms with van der Waals surface area (Å²) >= 11 is 0. The van der Waals surface area contributed by atoms with E-state index in [1.165, 1.54) is 25.7 Å². The van der Waals surface area contributed by atoms with Crippen LogP contribution in [0.4, 0.5) is 0 Å². The number of carbonyl (C=O) groups excluding carboxylic acids is 2. The number of aromatic nitrogens is 2. The molecule has 0 fully saturated rings. The van der Waals surface area contributed by atoms with Crippen molar-refractivity contribution in [3.8, 4) is 5.75 Å². The van der Waals surface area contributed by atoms with E-state index in [0.29, 0.717) is 24.9 Å². The Morgan fingerprint density at radius 2 is 1.67 bits per heavy atom. The molecular weight excluding hydrogens is 428 g/mol. The summed E-state index contributed by atoms with van der Waals surface area (Å²) in [6.07, 6.45) is 6.33. The summed E-state index contributed by atoms with van der Waals surface area (Å²) in [5.74, 6) is -0.320. The van der Waals surface area contributed by atoms with Gasteiger partial charge in [0.25, 0.3) is 5.82 Å². The number of benzene rings is 1. The first-order chi connectivity index (χ1) is 15.9. The van der Waals surface area contributed by atoms with Gasteiger partial charge >= 0.3 is 11.9 Å². The summed E-state index contributed by atoms with van der Waals surface area (Å²) < 4.78 is 23.8. The van der Waals surface area contributed by atoms with Crippen LogP contribution in [0.2, 0.25) is 0 Å². The van der Waals surface area contributed by atoms with E-state index in [9.17, 15) is 9.59 Å². The number of esters is 2. The lowest BCUT2D eigenvalue weighted by molar-refractivity contribution is -0.138. The van der Waals surface area contributed by atoms with Crippen molar-refractivity contribution in [3.05, 3.63) is 54.2 Å². The summed E-state index contributed by atoms with van der Waals surface area (Å²) in [6, 6.07) is 7.12. The summed E-state index contributed by atoms with van der Waals surface area (Å²) in [7, 11) is 3.30. The van der Waals surface area contributed by atoms with E-state index in [0.717, 1.165) is 18.2 Å². The average Bonchev–Trinajstić information content (AvgIpc) is 3.26. The maximum Gasteiger partial charge on any atom is 0.385 e. The largest absolute Gasteiger partial charge is 0.460 e. The highest BCUT2D eigenvalue weighted by atomic mass is 16.6. The lowest BCUT2D eigenvalue weighted by atomic mass is 10.2. The molecule has 1 aromatic heterocycles. The molecule has 0 radical (unpaired) electrons. The zero-order chi connectivity index (χ0) is 24.9. The Morgan fingerprint density at radius 3 is 2.18 bits per heavy atom. The summed E-state index contributed by atoms with van der Waals surface area (Å²) in [4.78, 5) is 25.6. The highest BCUT2D eigenvalue weighted by Gasteiger charge is 2.15. The quantitative estimate of drug-likeness (QED) is 0.206. The van der Waals surface area contributed by atoms with Gasteiger partial charge in [-0.15, -0.1) is 0 Å². The van der Waals surface area contributed by atoms with E-state index >= 15 is 0 Å². The van der Waals surface area contributed by atoms with E-state index in [2.05, 4.69) is 37.6 Å². The Kier molecular flexibility index (Phi) is 17.8. The minimum Gasteiger partial charge on any atom is -0.460 e. The number of rotatable bonds is 11. The van der Waals surface area contributed by atoms with Crippen molar-refractivity contribution in [1.29, 1.82) is 0 Å². The van der Waals surface area contributed by atoms with E-state index in [4.69, 9.17) is 9.47 Å². The second-order valence-electron chi connectivity index (χ2n) is 6.76. The van der Waals surface area contributed by atoms with Gasteiger partial charge in [0.05, 0.1) is 6.61 Å². The minimum absolute atomic E-state index is 0.0712. The van der Waals surface area contributed by atoms with Crippen molar-refractivity contribution < 1.29 is 33.1 Å². The van der Waals surface area contributed by atoms with Crippen LogP contribution in [0, 0.1) is 13.8 Å². The van der Waals surface area contributed by atoms with Crippen LogP contribution in [0.15, 0.2) is 41.4 Å². The molecule has 2 rings (SSSR count). The van der Waals surface area contributed by atoms with Gasteiger partial charge in [-0.05, 0) is 30.6 Å². The van der Waals surface area contributed by atoms with Crippen LogP contribution in [0.1, 0.15) is 54.7 Å². The fourth-order valence-corrected chi connectivity index (χ4v) is 2.10. The van der Waals surface area contributed by atoms with Gasteiger partial charge < -0.3 is 23.5 Å². The predicted octanol–water partition coefficient (Wildman–Crippen LogP) is 4.48. The number of unbranched alkanes of at least 4 members (excludes halogenated alkanes) is 3. The number of carbonyl (C=O) groups is 2. The molecule has 9 nitrogen and oxygen atoms in total. The van der Waals surface area contributed by atoms with Crippen LogP contribution >= 0.6 is 0 Å². The van der Waals surface area contributed by atoms with Gasteiger partial charge in [-0.2, -0.15) is 4.98 Å². The van der Waals surface area contributed by atoms with E-state index in [1.807, 2.05) is 19.1 Å². The molecule has 0 N–H and O–H groups in total. The molecule has 0 aliphatic carbocycles. The summed E-state index contributed by atoms with van der Waals surface area (Å²) in [5, 5.41) is 3.47. The van der Waals surface area contributed by atoms with Crippen LogP contribution < -0.4 is 4.74 Å². The molecule has 0 saturated carbocycles. The third kappa shape index (κ3) is 16.3. The number of ether oxygens (including phenoxy) is 4. The van der Waals surface area contributed by atoms with Crippen molar-refractivity contribution in [2.24, 2.45) is 0 Å². The van der Waals surface area contributed by atoms with Gasteiger partial charge in [0, 0.05) is 33.8 Å². The molecule has 0 spiro atoms. The number of nitrogens with zero attached hydrogens (tertiary/aromatic N) is 2. The van der Waals surface area contributed by atoms with E-state index in [-0.39, 0.29) is 5.82 Å². The molecule has 9 heteroatoms. The topological polar surface area (TPSA) is 110 Å². The fraction of sp³-hybridized carbons (Fsp3) is 0.500. The maximum absolute atomic E-state index is 11.5. The number of hydrogen-bond acceptors (Lipinski definition) is 9. The standard InChI is InChI=1S/C11H10N2O3.C7H16O.C6H10O3/c1-7-3-5-9(6-4-7)15-11(14)10-12-8(2)16-13-10;1-3-4-5-6-7-8-2;1-3-6(7)9-5-4-8-2/h3-6H,1-2H3;3-7H2,1-2H3;3H,1,4-5H2,2H3. The zero-order valence-electron chi connectivity index (χ0n) is 20.3. The molecule has 0 aliphatic heterocycles. The molecule has 2 aromatic rings. The molecule has 33 heavy (non-hydrogen) atoms. The van der Waals surface area contributed by atoms with Crippen molar-refractivity contribution in [2.75, 3.05) is 34.0 Å². The smallest absolute Gasteiger partial charge is 0.385 e. The van der Waals surface area contributed by atoms with Crippen LogP contribution in [-0.2, 0) is 19.0 Å². The van der Waals surface area contributed by atoms with Gasteiger partial charge in [0.2, 0.25) is 5.89 Å². The van der Waals surface area contributed by atoms with Crippen molar-refractivity contribution in [3.63, 3.8) is 0 Å². The summed E-state index contributed by atoms with van der Waals surface area (Å²) in [6.45, 7) is 10.7. The molecule has 0 amide bonds. The first kappa shape index (κ1) is 30.0. The number of aryl methyl sites for hydroxylation is 2. The first-order valence-corrected chi connectivity index (χ1v) is 10.7. The molecular formula is C24H36N2O7. The summed E-state index contributed by atoms with van der Waals surface area (Å²) in [5.41, 5.74) is 1.09. The van der Waals surface area contributed by atoms with Gasteiger partial charge in [0.15, 0.2) is 0 Å². The molecule has 0 atom stereocenters. The second kappa shape index (κ2) is 19.6. The molecule has 1 aromatic carbocycles. The molecule has 1 heterocycles. The molecule has 0 bridgehead atoms. The molecule has 0 unspecified atom stereocenters. The third-order valence-corrected chi connectivity index (χ3v) is 3.84. The average molecular weight is 465 g/mol. The van der Waals surface area contributed by atoms with Crippen LogP contribution in [-0.4, -0.2) is 56.1 Å². The van der Waals surface area contributed by atoms with Crippen molar-refractivity contribution in [1.82, 2.24) is 10.1 Å². The Balaban J connectivity index is 0.000000516. The minimum atomic E-state index is -0.624. The van der Waals surface area contributed by atoms with Gasteiger partial charge in [-0.3, -0.25) is 0 Å². The molecule has 184 valence electrons. The maximum atomic E-state index is 11.5. The van der Waals surface area contributed by atoms with E-state index in [1.54, 1.807) is 33.3 Å². The SMILES string of the molecule is C=CC(=O)OCCOC.CCCCCCOC.Cc1ccc(OC(=O)c2noc(C)n2)cc1. The second-order valence-corrected chi connectivity index (χ2v) is 6.76. The van der Waals surface area contributed by atoms with Crippen LogP contribution in [0.25, 0.3) is 0 Å². The Bertz CT molecular complexity index is 782. The predicted molar refractivity (Wildman–Crippen MR) is 124 cm³/mol. The van der Waals surface area contributed by atoms with Crippen LogP contribution in [0.5, 0.6) is 5.75 Å². The lowest BCUT2D eigenvalue weighted by Gasteiger charge is -2.00. The first-order valence-electron chi connectivity index (χ1n) is 10.7. The normalized spacial score (nSPS) is 9.61. The third-order valence-electron chi connectivity index (χ3n) is 3.84. The Morgan fingerprint density at radius 1 is 1.00 bits per heavy atom. The molecule has 0 aliphatic rings. The fourth-order valence-electron chi connectivity index (χ4n) is 2.10. The van der Waals surface area contributed by atoms with Crippen molar-refractivity contribution >= 4 is 11.9 Å². The van der Waals surface area contributed by atoms with Gasteiger partial charge in [-0.1, -0.05) is 50.5 Å². The van der Waals surface area contributed by atoms with Crippen molar-refractivity contribution in [2.45, 2.75) is 46.5 Å². The monoisotopic (exact) mass is 464 g/mol. The van der Waals surface area contributed by atoms with Gasteiger partial charge in [-0.25, -0.2) is 9.59 Å².